The number of aliphatic hydroxyl groups is 3. The Balaban J connectivity index is 2.98. The molecule has 1 rings (SSSR count). The molecule has 1 aromatic carbocycles. The molecular weight excluding hydrogens is 452 g/mol. The van der Waals surface area contributed by atoms with Crippen LogP contribution in [0.15, 0.2) is 17.0 Å². The van der Waals surface area contributed by atoms with Crippen molar-refractivity contribution in [3.05, 3.63) is 28.8 Å². The third kappa shape index (κ3) is 12.1. The Morgan fingerprint density at radius 1 is 0.735 bits per heavy atom. The second kappa shape index (κ2) is 16.6. The highest BCUT2D eigenvalue weighted by Crippen LogP contribution is 2.29. The van der Waals surface area contributed by atoms with Gasteiger partial charge in [-0.25, -0.2) is 0 Å². The van der Waals surface area contributed by atoms with Crippen LogP contribution >= 0.6 is 0 Å². The highest BCUT2D eigenvalue weighted by molar-refractivity contribution is 7.86. The minimum Gasteiger partial charge on any atom is -0.393 e. The van der Waals surface area contributed by atoms with Crippen molar-refractivity contribution in [1.82, 2.24) is 0 Å². The zero-order valence-electron chi connectivity index (χ0n) is 21.8. The van der Waals surface area contributed by atoms with Gasteiger partial charge >= 0.3 is 0 Å². The van der Waals surface area contributed by atoms with Crippen molar-refractivity contribution in [1.29, 1.82) is 0 Å². The third-order valence-electron chi connectivity index (χ3n) is 6.01. The lowest BCUT2D eigenvalue weighted by Crippen LogP contribution is -2.20. The largest absolute Gasteiger partial charge is 0.393 e. The van der Waals surface area contributed by atoms with E-state index < -0.39 is 28.4 Å². The zero-order valence-corrected chi connectivity index (χ0v) is 22.6. The SMILES string of the molecule is CCCCCCCCCCCCc1c(S(=O)(=O)OCC(C)O)ccc(CC(C)O)c1CC(C)O. The van der Waals surface area contributed by atoms with Crippen LogP contribution in [0.25, 0.3) is 0 Å². The molecule has 0 amide bonds. The van der Waals surface area contributed by atoms with Crippen LogP contribution in [0.2, 0.25) is 0 Å². The van der Waals surface area contributed by atoms with E-state index in [0.29, 0.717) is 24.8 Å². The molecule has 0 bridgehead atoms. The number of benzene rings is 1. The maximum atomic E-state index is 13.0. The molecule has 34 heavy (non-hydrogen) atoms. The van der Waals surface area contributed by atoms with Gasteiger partial charge in [0.1, 0.15) is 0 Å². The molecule has 0 saturated heterocycles. The average molecular weight is 501 g/mol. The molecule has 0 heterocycles. The highest BCUT2D eigenvalue weighted by Gasteiger charge is 2.25. The maximum Gasteiger partial charge on any atom is 0.297 e. The second-order valence-electron chi connectivity index (χ2n) is 9.81. The zero-order chi connectivity index (χ0) is 25.6. The molecule has 0 fully saturated rings. The summed E-state index contributed by atoms with van der Waals surface area (Å²) in [7, 11) is -4.06. The second-order valence-corrected chi connectivity index (χ2v) is 11.4. The summed E-state index contributed by atoms with van der Waals surface area (Å²) in [6, 6.07) is 3.26. The van der Waals surface area contributed by atoms with Crippen LogP contribution in [0.3, 0.4) is 0 Å². The van der Waals surface area contributed by atoms with Crippen LogP contribution in [0, 0.1) is 0 Å². The minimum absolute atomic E-state index is 0.106. The van der Waals surface area contributed by atoms with Gasteiger partial charge in [0.05, 0.1) is 29.8 Å². The molecule has 0 radical (unpaired) electrons. The van der Waals surface area contributed by atoms with Gasteiger partial charge in [-0.05, 0) is 69.2 Å². The molecule has 0 aliphatic carbocycles. The van der Waals surface area contributed by atoms with Crippen LogP contribution in [0.4, 0.5) is 0 Å². The first-order valence-electron chi connectivity index (χ1n) is 13.2. The van der Waals surface area contributed by atoms with Gasteiger partial charge in [0.2, 0.25) is 0 Å². The normalized spacial score (nSPS) is 14.8. The topological polar surface area (TPSA) is 104 Å². The van der Waals surface area contributed by atoms with Crippen molar-refractivity contribution < 1.29 is 27.9 Å². The summed E-state index contributed by atoms with van der Waals surface area (Å²) in [5.41, 5.74) is 2.31. The summed E-state index contributed by atoms with van der Waals surface area (Å²) < 4.78 is 31.0. The Bertz CT molecular complexity index is 787. The lowest BCUT2D eigenvalue weighted by Gasteiger charge is -2.21. The Hall–Kier alpha value is -0.990. The summed E-state index contributed by atoms with van der Waals surface area (Å²) in [6.07, 6.45) is 11.1. The third-order valence-corrected chi connectivity index (χ3v) is 7.38. The van der Waals surface area contributed by atoms with Gasteiger partial charge in [-0.3, -0.25) is 4.18 Å². The average Bonchev–Trinajstić information content (AvgIpc) is 2.74. The molecule has 3 unspecified atom stereocenters. The van der Waals surface area contributed by atoms with Gasteiger partial charge < -0.3 is 15.3 Å². The van der Waals surface area contributed by atoms with Crippen molar-refractivity contribution >= 4 is 10.1 Å². The molecule has 0 aliphatic heterocycles. The Kier molecular flexibility index (Phi) is 15.2. The molecule has 3 N–H and O–H groups in total. The standard InChI is InChI=1S/C27H48O6S/c1-5-6-7-8-9-10-11-12-13-14-15-25-26(19-22(3)29)24(18-21(2)28)16-17-27(25)34(31,32)33-20-23(4)30/h16-17,21-23,28-30H,5-15,18-20H2,1-4H3. The van der Waals surface area contributed by atoms with Crippen LogP contribution in [0.5, 0.6) is 0 Å². The predicted octanol–water partition coefficient (Wildman–Crippen LogP) is 5.08. The highest BCUT2D eigenvalue weighted by atomic mass is 32.2. The van der Waals surface area contributed by atoms with Crippen molar-refractivity contribution in [3.8, 4) is 0 Å². The fourth-order valence-corrected chi connectivity index (χ4v) is 5.59. The summed E-state index contributed by atoms with van der Waals surface area (Å²) in [6.45, 7) is 6.78. The van der Waals surface area contributed by atoms with Gasteiger partial charge in [-0.2, -0.15) is 8.42 Å². The Morgan fingerprint density at radius 2 is 1.26 bits per heavy atom. The molecule has 0 saturated carbocycles. The van der Waals surface area contributed by atoms with E-state index in [1.165, 1.54) is 51.9 Å². The van der Waals surface area contributed by atoms with Gasteiger partial charge in [0, 0.05) is 0 Å². The molecule has 0 aromatic heterocycles. The lowest BCUT2D eigenvalue weighted by molar-refractivity contribution is 0.126. The molecule has 0 spiro atoms. The first-order valence-corrected chi connectivity index (χ1v) is 14.6. The predicted molar refractivity (Wildman–Crippen MR) is 138 cm³/mol. The fraction of sp³-hybridized carbons (Fsp3) is 0.778. The van der Waals surface area contributed by atoms with Gasteiger partial charge in [-0.15, -0.1) is 0 Å². The molecule has 0 aliphatic rings. The molecule has 1 aromatic rings. The Labute approximate surface area is 207 Å². The van der Waals surface area contributed by atoms with Crippen molar-refractivity contribution in [2.45, 2.75) is 134 Å². The van der Waals surface area contributed by atoms with Crippen LogP contribution in [-0.4, -0.2) is 48.7 Å². The molecule has 198 valence electrons. The summed E-state index contributed by atoms with van der Waals surface area (Å²) >= 11 is 0. The minimum atomic E-state index is -4.06. The van der Waals surface area contributed by atoms with Crippen molar-refractivity contribution in [2.24, 2.45) is 0 Å². The van der Waals surface area contributed by atoms with E-state index >= 15 is 0 Å². The number of unbranched alkanes of at least 4 members (excludes halogenated alkanes) is 9. The quantitative estimate of drug-likeness (QED) is 0.181. The lowest BCUT2D eigenvalue weighted by atomic mass is 9.90. The van der Waals surface area contributed by atoms with E-state index in [0.717, 1.165) is 30.4 Å². The van der Waals surface area contributed by atoms with E-state index in [4.69, 9.17) is 4.18 Å². The number of aliphatic hydroxyl groups excluding tert-OH is 3. The van der Waals surface area contributed by atoms with Gasteiger partial charge in [-0.1, -0.05) is 70.8 Å². The molecule has 7 heteroatoms. The van der Waals surface area contributed by atoms with Crippen molar-refractivity contribution in [3.63, 3.8) is 0 Å². The maximum absolute atomic E-state index is 13.0. The van der Waals surface area contributed by atoms with Crippen LogP contribution in [0.1, 0.15) is 109 Å². The molecular formula is C27H48O6S. The van der Waals surface area contributed by atoms with E-state index in [2.05, 4.69) is 6.92 Å². The van der Waals surface area contributed by atoms with Crippen LogP contribution < -0.4 is 0 Å². The first kappa shape index (κ1) is 31.0. The summed E-state index contributed by atoms with van der Waals surface area (Å²) in [5, 5.41) is 29.6. The number of hydrogen-bond donors (Lipinski definition) is 3. The van der Waals surface area contributed by atoms with E-state index in [-0.39, 0.29) is 11.5 Å². The Morgan fingerprint density at radius 3 is 1.76 bits per heavy atom. The van der Waals surface area contributed by atoms with Crippen LogP contribution in [-0.2, 0) is 33.6 Å². The fourth-order valence-electron chi connectivity index (χ4n) is 4.33. The van der Waals surface area contributed by atoms with Crippen molar-refractivity contribution in [2.75, 3.05) is 6.61 Å². The molecule has 3 atom stereocenters. The smallest absolute Gasteiger partial charge is 0.297 e. The molecule has 6 nitrogen and oxygen atoms in total. The number of rotatable bonds is 19. The monoisotopic (exact) mass is 500 g/mol. The van der Waals surface area contributed by atoms with Gasteiger partial charge in [0.15, 0.2) is 0 Å². The first-order chi connectivity index (χ1) is 16.1. The van der Waals surface area contributed by atoms with E-state index in [9.17, 15) is 23.7 Å². The number of hydrogen-bond acceptors (Lipinski definition) is 6. The van der Waals surface area contributed by atoms with E-state index in [1.54, 1.807) is 26.0 Å². The van der Waals surface area contributed by atoms with Gasteiger partial charge in [0.25, 0.3) is 10.1 Å². The summed E-state index contributed by atoms with van der Waals surface area (Å²) in [5.74, 6) is 0. The summed E-state index contributed by atoms with van der Waals surface area (Å²) in [4.78, 5) is 0.106. The van der Waals surface area contributed by atoms with E-state index in [1.807, 2.05) is 0 Å².